The molecular formula is C12H17N3O3. The van der Waals surface area contributed by atoms with Crippen molar-refractivity contribution in [2.75, 3.05) is 0 Å². The molecule has 0 bridgehead atoms. The third-order valence-corrected chi connectivity index (χ3v) is 3.54. The van der Waals surface area contributed by atoms with Crippen LogP contribution < -0.4 is 5.32 Å². The molecule has 6 heteroatoms. The number of aromatic nitrogens is 2. The van der Waals surface area contributed by atoms with Crippen LogP contribution in [0.2, 0.25) is 0 Å². The van der Waals surface area contributed by atoms with Crippen molar-refractivity contribution in [1.82, 2.24) is 15.1 Å². The highest BCUT2D eigenvalue weighted by molar-refractivity contribution is 5.89. The first-order valence-electron chi connectivity index (χ1n) is 5.91. The average molecular weight is 251 g/mol. The molecule has 98 valence electrons. The number of carbonyl (C=O) groups excluding carboxylic acids is 1. The number of nitrogens with zero attached hydrogens (tertiary/aromatic N) is 2. The van der Waals surface area contributed by atoms with E-state index in [-0.39, 0.29) is 11.8 Å². The number of aliphatic carboxylic acids is 1. The molecule has 2 N–H and O–H groups in total. The lowest BCUT2D eigenvalue weighted by atomic mass is 10.2. The highest BCUT2D eigenvalue weighted by Crippen LogP contribution is 2.38. The molecule has 1 aromatic rings. The normalized spacial score (nSPS) is 21.7. The monoisotopic (exact) mass is 251 g/mol. The van der Waals surface area contributed by atoms with E-state index in [4.69, 9.17) is 5.11 Å². The van der Waals surface area contributed by atoms with Crippen LogP contribution in [0.3, 0.4) is 0 Å². The second kappa shape index (κ2) is 4.44. The van der Waals surface area contributed by atoms with Gasteiger partial charge in [-0.1, -0.05) is 0 Å². The van der Waals surface area contributed by atoms with Gasteiger partial charge in [-0.25, -0.2) is 0 Å². The predicted molar refractivity (Wildman–Crippen MR) is 63.8 cm³/mol. The number of aryl methyl sites for hydroxylation is 2. The molecule has 1 heterocycles. The summed E-state index contributed by atoms with van der Waals surface area (Å²) in [5, 5.41) is 15.8. The van der Waals surface area contributed by atoms with Crippen LogP contribution >= 0.6 is 0 Å². The summed E-state index contributed by atoms with van der Waals surface area (Å²) in [6.07, 6.45) is 0.451. The molecular weight excluding hydrogens is 234 g/mol. The zero-order chi connectivity index (χ0) is 13.4. The molecule has 2 atom stereocenters. The maximum Gasteiger partial charge on any atom is 0.307 e. The predicted octanol–water partition coefficient (Wildman–Crippen LogP) is 0.374. The highest BCUT2D eigenvalue weighted by Gasteiger charge is 2.48. The summed E-state index contributed by atoms with van der Waals surface area (Å²) in [6, 6.07) is 0. The lowest BCUT2D eigenvalue weighted by molar-refractivity contribution is -0.140. The Morgan fingerprint density at radius 1 is 1.44 bits per heavy atom. The second-order valence-corrected chi connectivity index (χ2v) is 4.78. The fourth-order valence-corrected chi connectivity index (χ4v) is 2.14. The molecule has 1 aliphatic rings. The van der Waals surface area contributed by atoms with Gasteiger partial charge in [-0.3, -0.25) is 14.3 Å². The van der Waals surface area contributed by atoms with Gasteiger partial charge in [-0.05, 0) is 20.3 Å². The maximum atomic E-state index is 11.7. The number of carbonyl (C=O) groups is 2. The van der Waals surface area contributed by atoms with Gasteiger partial charge < -0.3 is 10.4 Å². The van der Waals surface area contributed by atoms with E-state index >= 15 is 0 Å². The van der Waals surface area contributed by atoms with Crippen molar-refractivity contribution in [2.45, 2.75) is 26.8 Å². The Morgan fingerprint density at radius 3 is 2.56 bits per heavy atom. The first kappa shape index (κ1) is 12.6. The summed E-state index contributed by atoms with van der Waals surface area (Å²) < 4.78 is 1.77. The summed E-state index contributed by atoms with van der Waals surface area (Å²) in [5.74, 6) is -1.92. The van der Waals surface area contributed by atoms with Gasteiger partial charge in [0.05, 0.1) is 17.5 Å². The lowest BCUT2D eigenvalue weighted by Gasteiger charge is -2.05. The summed E-state index contributed by atoms with van der Waals surface area (Å²) in [7, 11) is 1.86. The molecule has 2 rings (SSSR count). The lowest BCUT2D eigenvalue weighted by Crippen LogP contribution is -2.26. The molecule has 1 fully saturated rings. The highest BCUT2D eigenvalue weighted by atomic mass is 16.4. The molecule has 0 spiro atoms. The molecule has 0 aromatic carbocycles. The van der Waals surface area contributed by atoms with Gasteiger partial charge in [-0.2, -0.15) is 5.10 Å². The van der Waals surface area contributed by atoms with E-state index in [1.807, 2.05) is 20.9 Å². The molecule has 0 aliphatic heterocycles. The summed E-state index contributed by atoms with van der Waals surface area (Å²) in [5.41, 5.74) is 2.90. The number of hydrogen-bond acceptors (Lipinski definition) is 3. The minimum absolute atomic E-state index is 0.176. The Hall–Kier alpha value is -1.85. The van der Waals surface area contributed by atoms with Gasteiger partial charge in [0.25, 0.3) is 0 Å². The van der Waals surface area contributed by atoms with E-state index in [1.165, 1.54) is 0 Å². The topological polar surface area (TPSA) is 84.2 Å². The van der Waals surface area contributed by atoms with E-state index < -0.39 is 11.9 Å². The molecule has 18 heavy (non-hydrogen) atoms. The molecule has 2 unspecified atom stereocenters. The van der Waals surface area contributed by atoms with E-state index in [1.54, 1.807) is 4.68 Å². The zero-order valence-electron chi connectivity index (χ0n) is 10.7. The Kier molecular flexibility index (Phi) is 3.11. The summed E-state index contributed by atoms with van der Waals surface area (Å²) in [4.78, 5) is 22.4. The number of carboxylic acids is 1. The van der Waals surface area contributed by atoms with Crippen molar-refractivity contribution in [3.63, 3.8) is 0 Å². The van der Waals surface area contributed by atoms with Gasteiger partial charge in [0.15, 0.2) is 0 Å². The van der Waals surface area contributed by atoms with Gasteiger partial charge in [0.2, 0.25) is 5.91 Å². The number of amides is 1. The molecule has 0 radical (unpaired) electrons. The van der Waals surface area contributed by atoms with E-state index in [9.17, 15) is 9.59 Å². The van der Waals surface area contributed by atoms with Crippen molar-refractivity contribution in [1.29, 1.82) is 0 Å². The van der Waals surface area contributed by atoms with E-state index in [0.717, 1.165) is 17.0 Å². The van der Waals surface area contributed by atoms with E-state index in [2.05, 4.69) is 10.4 Å². The van der Waals surface area contributed by atoms with Crippen molar-refractivity contribution in [2.24, 2.45) is 18.9 Å². The average Bonchev–Trinajstić information content (AvgIpc) is 3.04. The maximum absolute atomic E-state index is 11.7. The smallest absolute Gasteiger partial charge is 0.307 e. The van der Waals surface area contributed by atoms with Crippen LogP contribution in [0.25, 0.3) is 0 Å². The van der Waals surface area contributed by atoms with Gasteiger partial charge in [-0.15, -0.1) is 0 Å². The first-order chi connectivity index (χ1) is 8.41. The van der Waals surface area contributed by atoms with Gasteiger partial charge in [0.1, 0.15) is 0 Å². The fourth-order valence-electron chi connectivity index (χ4n) is 2.14. The third kappa shape index (κ3) is 2.23. The van der Waals surface area contributed by atoms with Crippen LogP contribution in [0, 0.1) is 25.7 Å². The number of carboxylic acid groups (broad SMARTS) is 1. The molecule has 1 aromatic heterocycles. The first-order valence-corrected chi connectivity index (χ1v) is 5.91. The Balaban J connectivity index is 1.93. The quantitative estimate of drug-likeness (QED) is 0.810. The standard InChI is InChI=1S/C12H17N3O3/c1-6-10(7(2)15(3)14-6)5-13-11(16)8-4-9(8)12(17)18/h8-9H,4-5H2,1-3H3,(H,13,16)(H,17,18). The van der Waals surface area contributed by atoms with Crippen LogP contribution in [0.15, 0.2) is 0 Å². The van der Waals surface area contributed by atoms with Crippen LogP contribution in [-0.2, 0) is 23.2 Å². The summed E-state index contributed by atoms with van der Waals surface area (Å²) in [6.45, 7) is 4.25. The molecule has 1 amide bonds. The molecule has 6 nitrogen and oxygen atoms in total. The minimum Gasteiger partial charge on any atom is -0.481 e. The van der Waals surface area contributed by atoms with Gasteiger partial charge >= 0.3 is 5.97 Å². The van der Waals surface area contributed by atoms with Crippen molar-refractivity contribution >= 4 is 11.9 Å². The van der Waals surface area contributed by atoms with Crippen LogP contribution in [0.5, 0.6) is 0 Å². The number of nitrogens with one attached hydrogen (secondary N) is 1. The zero-order valence-corrected chi connectivity index (χ0v) is 10.7. The Bertz CT molecular complexity index is 507. The van der Waals surface area contributed by atoms with Crippen LogP contribution in [-0.4, -0.2) is 26.8 Å². The third-order valence-electron chi connectivity index (χ3n) is 3.54. The van der Waals surface area contributed by atoms with Crippen molar-refractivity contribution < 1.29 is 14.7 Å². The Labute approximate surface area is 105 Å². The number of hydrogen-bond donors (Lipinski definition) is 2. The van der Waals surface area contributed by atoms with Crippen molar-refractivity contribution in [3.05, 3.63) is 17.0 Å². The van der Waals surface area contributed by atoms with E-state index in [0.29, 0.717) is 13.0 Å². The second-order valence-electron chi connectivity index (χ2n) is 4.78. The minimum atomic E-state index is -0.885. The Morgan fingerprint density at radius 2 is 2.11 bits per heavy atom. The number of rotatable bonds is 4. The molecule has 0 saturated heterocycles. The fraction of sp³-hybridized carbons (Fsp3) is 0.583. The molecule has 1 saturated carbocycles. The van der Waals surface area contributed by atoms with Crippen LogP contribution in [0.4, 0.5) is 0 Å². The molecule has 1 aliphatic carbocycles. The summed E-state index contributed by atoms with van der Waals surface area (Å²) >= 11 is 0. The SMILES string of the molecule is Cc1nn(C)c(C)c1CNC(=O)C1CC1C(=O)O. The van der Waals surface area contributed by atoms with Crippen molar-refractivity contribution in [3.8, 4) is 0 Å². The van der Waals surface area contributed by atoms with Crippen LogP contribution in [0.1, 0.15) is 23.4 Å². The van der Waals surface area contributed by atoms with Gasteiger partial charge in [0, 0.05) is 24.8 Å². The largest absolute Gasteiger partial charge is 0.481 e.